The monoisotopic (exact) mass is 987 g/mol. The molecule has 19 heteroatoms. The van der Waals surface area contributed by atoms with Gasteiger partial charge in [0.15, 0.2) is 5.78 Å². The number of amides is 3. The first-order valence-electron chi connectivity index (χ1n) is 23.3. The van der Waals surface area contributed by atoms with E-state index >= 15 is 4.39 Å². The molecule has 1 aromatic heterocycles. The maximum absolute atomic E-state index is 15.3. The third-order valence-corrected chi connectivity index (χ3v) is 11.9. The number of benzene rings is 2. The van der Waals surface area contributed by atoms with Crippen molar-refractivity contribution < 1.29 is 61.6 Å². The van der Waals surface area contributed by atoms with Gasteiger partial charge >= 0.3 is 5.97 Å². The smallest absolute Gasteiger partial charge is 0.303 e. The minimum Gasteiger partial charge on any atom is -0.481 e. The Morgan fingerprint density at radius 3 is 2.16 bits per heavy atom. The molecule has 0 fully saturated rings. The Labute approximate surface area is 408 Å². The van der Waals surface area contributed by atoms with E-state index in [1.807, 2.05) is 61.7 Å². The molecule has 2 atom stereocenters. The summed E-state index contributed by atoms with van der Waals surface area (Å²) < 4.78 is 53.1. The van der Waals surface area contributed by atoms with E-state index < -0.39 is 46.8 Å². The minimum absolute atomic E-state index is 0.0369. The van der Waals surface area contributed by atoms with E-state index in [9.17, 15) is 33.2 Å². The van der Waals surface area contributed by atoms with E-state index in [-0.39, 0.29) is 99.4 Å². The topological polar surface area (TPSA) is 218 Å². The van der Waals surface area contributed by atoms with Crippen LogP contribution in [0.25, 0.3) is 11.1 Å². The highest BCUT2D eigenvalue weighted by molar-refractivity contribution is 7.99. The van der Waals surface area contributed by atoms with E-state index in [4.69, 9.17) is 29.8 Å². The van der Waals surface area contributed by atoms with Crippen molar-refractivity contribution in [1.82, 2.24) is 20.1 Å². The Morgan fingerprint density at radius 1 is 0.826 bits per heavy atom. The van der Waals surface area contributed by atoms with Crippen molar-refractivity contribution in [2.75, 3.05) is 91.0 Å². The number of halogens is 2. The van der Waals surface area contributed by atoms with Crippen LogP contribution in [0.15, 0.2) is 60.8 Å². The number of Topliss-reactive ketones (excluding diaryl/α,β-unsaturated/α-hetero) is 2. The number of carbonyl (C=O) groups is 6. The standard InChI is InChI=1S/C50H71F2N5O11S/c1-50(2,3)48(44-29-37(42-30-39(51)13-14-43(42)52)33-56(44)32-36-10-6-5-7-11-36)57(20-9-18-53)46(61)35-69-34-38(28-40(58)17-21-66-24-25-68-27-26-67-23-22-65-4)49(64)54-19-8-12-41(59)31-55-45(60)15-16-47(62)63/h5-7,10-11,13-14,29-30,33,38,48H,8-9,12,15-28,31-32,34-35,53H2,1-4H3,(H,54,64)(H,55,60)(H,62,63)/t38-,48-/m0/s1. The molecule has 0 bridgehead atoms. The molecule has 0 aliphatic carbocycles. The molecular weight excluding hydrogens is 917 g/mol. The summed E-state index contributed by atoms with van der Waals surface area (Å²) in [6.45, 7) is 9.26. The number of ether oxygens (including phenoxy) is 4. The SMILES string of the molecule is COCCOCCOCCOCCC(=O)C[C@@H](CSCC(=O)N(CCCN)[C@@H](c1cc(-c2cc(F)ccc2F)cn1Cc1ccccc1)C(C)(C)C)C(=O)NCCCC(=O)CNC(=O)CCC(=O)O. The lowest BCUT2D eigenvalue weighted by Crippen LogP contribution is -2.44. The fourth-order valence-corrected chi connectivity index (χ4v) is 8.36. The van der Waals surface area contributed by atoms with Gasteiger partial charge in [-0.3, -0.25) is 28.8 Å². The first-order valence-corrected chi connectivity index (χ1v) is 24.5. The van der Waals surface area contributed by atoms with E-state index in [1.165, 1.54) is 11.8 Å². The van der Waals surface area contributed by atoms with Gasteiger partial charge in [0.05, 0.1) is 76.9 Å². The van der Waals surface area contributed by atoms with Crippen LogP contribution in [0.2, 0.25) is 0 Å². The number of thioether (sulfide) groups is 1. The number of hydrogen-bond donors (Lipinski definition) is 4. The van der Waals surface area contributed by atoms with Gasteiger partial charge in [-0.1, -0.05) is 51.1 Å². The summed E-state index contributed by atoms with van der Waals surface area (Å²) in [6, 6.07) is 14.2. The number of ketones is 2. The largest absolute Gasteiger partial charge is 0.481 e. The number of carbonyl (C=O) groups excluding carboxylic acids is 5. The molecule has 3 amide bonds. The van der Waals surface area contributed by atoms with Crippen LogP contribution in [0.4, 0.5) is 8.78 Å². The second kappa shape index (κ2) is 32.0. The third-order valence-electron chi connectivity index (χ3n) is 10.8. The quantitative estimate of drug-likeness (QED) is 0.0524. The van der Waals surface area contributed by atoms with Crippen LogP contribution in [0.5, 0.6) is 0 Å². The summed E-state index contributed by atoms with van der Waals surface area (Å²) in [6.07, 6.45) is 1.86. The zero-order chi connectivity index (χ0) is 50.6. The fraction of sp³-hybridized carbons (Fsp3) is 0.560. The zero-order valence-electron chi connectivity index (χ0n) is 40.4. The lowest BCUT2D eigenvalue weighted by Gasteiger charge is -2.41. The first kappa shape index (κ1) is 58.3. The van der Waals surface area contributed by atoms with Gasteiger partial charge in [0, 0.05) is 81.2 Å². The normalized spacial score (nSPS) is 12.3. The average molecular weight is 988 g/mol. The van der Waals surface area contributed by atoms with Crippen molar-refractivity contribution in [2.45, 2.75) is 78.3 Å². The molecule has 0 radical (unpaired) electrons. The molecule has 0 aliphatic rings. The number of carboxylic acid groups (broad SMARTS) is 1. The van der Waals surface area contributed by atoms with Crippen LogP contribution < -0.4 is 16.4 Å². The van der Waals surface area contributed by atoms with Crippen molar-refractivity contribution in [1.29, 1.82) is 0 Å². The van der Waals surface area contributed by atoms with Crippen molar-refractivity contribution in [3.05, 3.63) is 83.7 Å². The predicted molar refractivity (Wildman–Crippen MR) is 259 cm³/mol. The number of nitrogens with one attached hydrogen (secondary N) is 2. The van der Waals surface area contributed by atoms with E-state index in [0.717, 1.165) is 23.8 Å². The van der Waals surface area contributed by atoms with Gasteiger partial charge in [-0.05, 0) is 54.6 Å². The Morgan fingerprint density at radius 2 is 1.51 bits per heavy atom. The zero-order valence-corrected chi connectivity index (χ0v) is 41.3. The summed E-state index contributed by atoms with van der Waals surface area (Å²) >= 11 is 1.21. The predicted octanol–water partition coefficient (Wildman–Crippen LogP) is 5.59. The Kier molecular flexibility index (Phi) is 27.0. The summed E-state index contributed by atoms with van der Waals surface area (Å²) in [5.41, 5.74) is 7.65. The van der Waals surface area contributed by atoms with Crippen molar-refractivity contribution in [2.24, 2.45) is 17.1 Å². The number of aliphatic carboxylic acids is 1. The minimum atomic E-state index is -1.12. The van der Waals surface area contributed by atoms with Gasteiger partial charge in [0.2, 0.25) is 17.7 Å². The van der Waals surface area contributed by atoms with E-state index in [0.29, 0.717) is 70.3 Å². The molecule has 3 aromatic rings. The van der Waals surface area contributed by atoms with Gasteiger partial charge in [-0.15, -0.1) is 0 Å². The van der Waals surface area contributed by atoms with Crippen LogP contribution in [0.1, 0.15) is 83.0 Å². The van der Waals surface area contributed by atoms with Crippen molar-refractivity contribution in [3.8, 4) is 11.1 Å². The second-order valence-corrected chi connectivity index (χ2v) is 18.6. The highest BCUT2D eigenvalue weighted by Crippen LogP contribution is 2.41. The average Bonchev–Trinajstić information content (AvgIpc) is 3.71. The maximum atomic E-state index is 15.3. The highest BCUT2D eigenvalue weighted by Gasteiger charge is 2.37. The number of methoxy groups -OCH3 is 1. The summed E-state index contributed by atoms with van der Waals surface area (Å²) in [4.78, 5) is 78.2. The molecule has 0 saturated heterocycles. The number of nitrogens with two attached hydrogens (primary N) is 1. The first-order chi connectivity index (χ1) is 33.0. The summed E-state index contributed by atoms with van der Waals surface area (Å²) in [5, 5.41) is 14.0. The summed E-state index contributed by atoms with van der Waals surface area (Å²) in [7, 11) is 1.59. The number of nitrogens with zero attached hydrogens (tertiary/aromatic N) is 2. The van der Waals surface area contributed by atoms with Crippen LogP contribution in [0.3, 0.4) is 0 Å². The van der Waals surface area contributed by atoms with Crippen LogP contribution >= 0.6 is 11.8 Å². The number of carboxylic acids is 1. The van der Waals surface area contributed by atoms with Crippen LogP contribution in [-0.2, 0) is 54.3 Å². The van der Waals surface area contributed by atoms with Gasteiger partial charge < -0.3 is 49.9 Å². The van der Waals surface area contributed by atoms with Gasteiger partial charge in [-0.25, -0.2) is 8.78 Å². The number of rotatable bonds is 36. The number of aromatic nitrogens is 1. The molecule has 1 heterocycles. The molecular formula is C50H71F2N5O11S. The molecule has 0 saturated carbocycles. The van der Waals surface area contributed by atoms with Crippen molar-refractivity contribution in [3.63, 3.8) is 0 Å². The fourth-order valence-electron chi connectivity index (χ4n) is 7.35. The molecule has 0 spiro atoms. The molecule has 3 rings (SSSR count). The lowest BCUT2D eigenvalue weighted by molar-refractivity contribution is -0.139. The van der Waals surface area contributed by atoms with Gasteiger partial charge in [0.1, 0.15) is 17.4 Å². The second-order valence-electron chi connectivity index (χ2n) is 17.5. The third kappa shape index (κ3) is 22.5. The van der Waals surface area contributed by atoms with E-state index in [2.05, 4.69) is 10.6 Å². The maximum Gasteiger partial charge on any atom is 0.303 e. The molecule has 5 N–H and O–H groups in total. The van der Waals surface area contributed by atoms with Crippen LogP contribution in [0, 0.1) is 23.0 Å². The van der Waals surface area contributed by atoms with Gasteiger partial charge in [0.25, 0.3) is 0 Å². The Bertz CT molecular complexity index is 2070. The van der Waals surface area contributed by atoms with Crippen LogP contribution in [-0.4, -0.2) is 141 Å². The molecule has 2 aromatic carbocycles. The molecule has 69 heavy (non-hydrogen) atoms. The molecule has 382 valence electrons. The van der Waals surface area contributed by atoms with E-state index in [1.54, 1.807) is 18.2 Å². The van der Waals surface area contributed by atoms with Gasteiger partial charge in [-0.2, -0.15) is 11.8 Å². The molecule has 16 nitrogen and oxygen atoms in total. The highest BCUT2D eigenvalue weighted by atomic mass is 32.2. The molecule has 0 aliphatic heterocycles. The number of hydrogen-bond acceptors (Lipinski definition) is 12. The molecule has 0 unspecified atom stereocenters. The Balaban J connectivity index is 1.76. The Hall–Kier alpha value is -5.05. The lowest BCUT2D eigenvalue weighted by atomic mass is 9.83. The summed E-state index contributed by atoms with van der Waals surface area (Å²) in [5.74, 6) is -4.80. The van der Waals surface area contributed by atoms with Crippen molar-refractivity contribution >= 4 is 47.0 Å².